The molecule has 4 heteroatoms. The average Bonchev–Trinajstić information content (AvgIpc) is 2.27. The molecule has 0 fully saturated rings. The van der Waals surface area contributed by atoms with E-state index in [9.17, 15) is 9.18 Å². The van der Waals surface area contributed by atoms with Crippen LogP contribution in [-0.4, -0.2) is 12.5 Å². The third-order valence-corrected chi connectivity index (χ3v) is 2.76. The quantitative estimate of drug-likeness (QED) is 0.755. The van der Waals surface area contributed by atoms with Gasteiger partial charge < -0.3 is 5.32 Å². The maximum Gasteiger partial charge on any atom is 0.224 e. The number of amides is 1. The molecule has 0 saturated carbocycles. The first-order chi connectivity index (χ1) is 6.66. The summed E-state index contributed by atoms with van der Waals surface area (Å²) < 4.78 is 14.2. The molecule has 0 aliphatic carbocycles. The Morgan fingerprint density at radius 1 is 1.43 bits per heavy atom. The molecule has 1 aromatic rings. The number of hydrogen-bond donors (Lipinski definition) is 1. The number of fused-ring (bicyclic) bond motifs is 1. The third-order valence-electron chi connectivity index (χ3n) is 2.31. The van der Waals surface area contributed by atoms with E-state index in [4.69, 9.17) is 0 Å². The summed E-state index contributed by atoms with van der Waals surface area (Å²) in [6, 6.07) is 3.27. The van der Waals surface area contributed by atoms with Crippen molar-refractivity contribution in [3.05, 3.63) is 33.5 Å². The number of benzene rings is 1. The maximum atomic E-state index is 13.5. The van der Waals surface area contributed by atoms with Crippen molar-refractivity contribution in [1.82, 2.24) is 5.32 Å². The fourth-order valence-corrected chi connectivity index (χ4v) is 2.11. The van der Waals surface area contributed by atoms with E-state index in [2.05, 4.69) is 21.2 Å². The first kappa shape index (κ1) is 9.65. The number of carbonyl (C=O) groups excluding carboxylic acids is 1. The minimum Gasteiger partial charge on any atom is -0.355 e. The molecule has 1 heterocycles. The molecule has 0 radical (unpaired) electrons. The van der Waals surface area contributed by atoms with Gasteiger partial charge in [-0.1, -0.05) is 15.9 Å². The van der Waals surface area contributed by atoms with E-state index in [1.54, 1.807) is 0 Å². The van der Waals surface area contributed by atoms with Crippen LogP contribution in [0.3, 0.4) is 0 Å². The van der Waals surface area contributed by atoms with Crippen molar-refractivity contribution in [1.29, 1.82) is 0 Å². The Bertz CT molecular complexity index is 392. The van der Waals surface area contributed by atoms with Crippen molar-refractivity contribution in [3.8, 4) is 0 Å². The molecular formula is C10H9BrFNO. The number of carbonyl (C=O) groups is 1. The molecular weight excluding hydrogens is 249 g/mol. The molecule has 0 saturated heterocycles. The molecule has 1 aliphatic rings. The van der Waals surface area contributed by atoms with E-state index < -0.39 is 0 Å². The number of rotatable bonds is 0. The zero-order valence-corrected chi connectivity index (χ0v) is 9.03. The summed E-state index contributed by atoms with van der Waals surface area (Å²) in [5.41, 5.74) is 1.44. The highest BCUT2D eigenvalue weighted by atomic mass is 79.9. The Balaban J connectivity index is 2.50. The number of halogens is 2. The standard InChI is InChI=1S/C10H9BrFNO/c11-7-3-6-1-2-13-10(14)5-8(6)9(12)4-7/h3-4H,1-2,5H2,(H,13,14). The lowest BCUT2D eigenvalue weighted by Gasteiger charge is -2.05. The lowest BCUT2D eigenvalue weighted by molar-refractivity contribution is -0.120. The van der Waals surface area contributed by atoms with E-state index >= 15 is 0 Å². The van der Waals surface area contributed by atoms with Crippen LogP contribution in [0.4, 0.5) is 4.39 Å². The van der Waals surface area contributed by atoms with Crippen molar-refractivity contribution in [2.45, 2.75) is 12.8 Å². The predicted octanol–water partition coefficient (Wildman–Crippen LogP) is 1.80. The van der Waals surface area contributed by atoms with Gasteiger partial charge in [0.05, 0.1) is 6.42 Å². The van der Waals surface area contributed by atoms with Gasteiger partial charge in [-0.25, -0.2) is 4.39 Å². The van der Waals surface area contributed by atoms with Crippen LogP contribution in [0.1, 0.15) is 11.1 Å². The fourth-order valence-electron chi connectivity index (χ4n) is 1.64. The summed E-state index contributed by atoms with van der Waals surface area (Å²) in [5.74, 6) is -0.406. The topological polar surface area (TPSA) is 29.1 Å². The third kappa shape index (κ3) is 1.80. The average molecular weight is 258 g/mol. The fraction of sp³-hybridized carbons (Fsp3) is 0.300. The zero-order valence-electron chi connectivity index (χ0n) is 7.44. The van der Waals surface area contributed by atoms with E-state index in [0.29, 0.717) is 18.5 Å². The van der Waals surface area contributed by atoms with Gasteiger partial charge in [0, 0.05) is 16.6 Å². The molecule has 14 heavy (non-hydrogen) atoms. The largest absolute Gasteiger partial charge is 0.355 e. The molecule has 0 atom stereocenters. The molecule has 2 rings (SSSR count). The molecule has 1 aromatic carbocycles. The second-order valence-corrected chi connectivity index (χ2v) is 4.22. The zero-order chi connectivity index (χ0) is 10.1. The molecule has 2 nitrogen and oxygen atoms in total. The highest BCUT2D eigenvalue weighted by Gasteiger charge is 2.17. The maximum absolute atomic E-state index is 13.5. The monoisotopic (exact) mass is 257 g/mol. The van der Waals surface area contributed by atoms with Gasteiger partial charge in [-0.15, -0.1) is 0 Å². The molecule has 0 bridgehead atoms. The van der Waals surface area contributed by atoms with Crippen LogP contribution in [-0.2, 0) is 17.6 Å². The second-order valence-electron chi connectivity index (χ2n) is 3.30. The van der Waals surface area contributed by atoms with Gasteiger partial charge in [-0.3, -0.25) is 4.79 Å². The highest BCUT2D eigenvalue weighted by Crippen LogP contribution is 2.22. The summed E-state index contributed by atoms with van der Waals surface area (Å²) in [6.07, 6.45) is 0.839. The van der Waals surface area contributed by atoms with Crippen LogP contribution in [0.2, 0.25) is 0 Å². The van der Waals surface area contributed by atoms with Gasteiger partial charge in [0.1, 0.15) is 5.82 Å². The molecule has 0 aromatic heterocycles. The lowest BCUT2D eigenvalue weighted by Crippen LogP contribution is -2.24. The smallest absolute Gasteiger partial charge is 0.224 e. The minimum atomic E-state index is -0.300. The van der Waals surface area contributed by atoms with Crippen molar-refractivity contribution in [2.24, 2.45) is 0 Å². The van der Waals surface area contributed by atoms with Crippen LogP contribution in [0.15, 0.2) is 16.6 Å². The first-order valence-corrected chi connectivity index (χ1v) is 5.19. The molecule has 1 aliphatic heterocycles. The first-order valence-electron chi connectivity index (χ1n) is 4.40. The van der Waals surface area contributed by atoms with Crippen LogP contribution in [0, 0.1) is 5.82 Å². The Morgan fingerprint density at radius 3 is 3.00 bits per heavy atom. The van der Waals surface area contributed by atoms with Crippen LogP contribution < -0.4 is 5.32 Å². The molecule has 1 N–H and O–H groups in total. The molecule has 1 amide bonds. The van der Waals surface area contributed by atoms with Crippen molar-refractivity contribution in [3.63, 3.8) is 0 Å². The Labute approximate surface area is 89.6 Å². The Morgan fingerprint density at radius 2 is 2.21 bits per heavy atom. The van der Waals surface area contributed by atoms with Crippen LogP contribution in [0.25, 0.3) is 0 Å². The predicted molar refractivity (Wildman–Crippen MR) is 54.5 cm³/mol. The van der Waals surface area contributed by atoms with Crippen molar-refractivity contribution < 1.29 is 9.18 Å². The van der Waals surface area contributed by atoms with Crippen LogP contribution in [0.5, 0.6) is 0 Å². The van der Waals surface area contributed by atoms with Crippen molar-refractivity contribution >= 4 is 21.8 Å². The summed E-state index contributed by atoms with van der Waals surface area (Å²) in [6.45, 7) is 0.585. The van der Waals surface area contributed by atoms with Gasteiger partial charge in [-0.2, -0.15) is 0 Å². The summed E-state index contributed by atoms with van der Waals surface area (Å²) in [7, 11) is 0. The van der Waals surface area contributed by atoms with Crippen molar-refractivity contribution in [2.75, 3.05) is 6.54 Å². The lowest BCUT2D eigenvalue weighted by atomic mass is 10.0. The number of nitrogens with one attached hydrogen (secondary N) is 1. The Kier molecular flexibility index (Phi) is 2.54. The summed E-state index contributed by atoms with van der Waals surface area (Å²) >= 11 is 3.24. The SMILES string of the molecule is O=C1Cc2c(F)cc(Br)cc2CCN1. The van der Waals surface area contributed by atoms with E-state index in [0.717, 1.165) is 10.0 Å². The minimum absolute atomic E-state index is 0.107. The van der Waals surface area contributed by atoms with E-state index in [1.165, 1.54) is 6.07 Å². The van der Waals surface area contributed by atoms with Crippen LogP contribution >= 0.6 is 15.9 Å². The normalized spacial score (nSPS) is 15.7. The van der Waals surface area contributed by atoms with E-state index in [1.807, 2.05) is 6.07 Å². The van der Waals surface area contributed by atoms with Gasteiger partial charge in [0.2, 0.25) is 5.91 Å². The molecule has 74 valence electrons. The highest BCUT2D eigenvalue weighted by molar-refractivity contribution is 9.10. The summed E-state index contributed by atoms with van der Waals surface area (Å²) in [5, 5.41) is 2.72. The van der Waals surface area contributed by atoms with Gasteiger partial charge in [0.25, 0.3) is 0 Å². The Hall–Kier alpha value is -0.900. The van der Waals surface area contributed by atoms with Gasteiger partial charge in [0.15, 0.2) is 0 Å². The summed E-state index contributed by atoms with van der Waals surface area (Å²) in [4.78, 5) is 11.2. The number of hydrogen-bond acceptors (Lipinski definition) is 1. The molecule has 0 unspecified atom stereocenters. The van der Waals surface area contributed by atoms with Gasteiger partial charge in [-0.05, 0) is 24.1 Å². The van der Waals surface area contributed by atoms with E-state index in [-0.39, 0.29) is 18.1 Å². The van der Waals surface area contributed by atoms with Gasteiger partial charge >= 0.3 is 0 Å². The molecule has 0 spiro atoms. The second kappa shape index (κ2) is 3.69.